The van der Waals surface area contributed by atoms with Crippen LogP contribution in [0.3, 0.4) is 0 Å². The molecule has 5 heteroatoms. The van der Waals surface area contributed by atoms with Crippen LogP contribution in [0.15, 0.2) is 18.2 Å². The fraction of sp³-hybridized carbons (Fsp3) is 0.364. The van der Waals surface area contributed by atoms with Crippen LogP contribution in [0.5, 0.6) is 0 Å². The summed E-state index contributed by atoms with van der Waals surface area (Å²) >= 11 is 0. The molecule has 0 unspecified atom stereocenters. The summed E-state index contributed by atoms with van der Waals surface area (Å²) in [6.07, 6.45) is 0.658. The highest BCUT2D eigenvalue weighted by atomic mass is 15.6. The van der Waals surface area contributed by atoms with Crippen LogP contribution in [-0.2, 0) is 6.42 Å². The fourth-order valence-corrected chi connectivity index (χ4v) is 1.60. The molecule has 0 amide bonds. The van der Waals surface area contributed by atoms with Gasteiger partial charge in [0.25, 0.3) is 0 Å². The van der Waals surface area contributed by atoms with Crippen LogP contribution in [0.1, 0.15) is 17.0 Å². The van der Waals surface area contributed by atoms with Crippen molar-refractivity contribution in [3.63, 3.8) is 0 Å². The first-order valence-electron chi connectivity index (χ1n) is 5.27. The molecule has 1 aromatic carbocycles. The third-order valence-corrected chi connectivity index (χ3v) is 2.39. The molecule has 5 nitrogen and oxygen atoms in total. The molecule has 0 aliphatic rings. The average Bonchev–Trinajstić information content (AvgIpc) is 2.67. The van der Waals surface area contributed by atoms with Gasteiger partial charge in [0.2, 0.25) is 0 Å². The zero-order valence-corrected chi connectivity index (χ0v) is 9.51. The Morgan fingerprint density at radius 3 is 2.81 bits per heavy atom. The lowest BCUT2D eigenvalue weighted by Gasteiger charge is -2.03. The van der Waals surface area contributed by atoms with Crippen LogP contribution >= 0.6 is 0 Å². The standard InChI is InChI=1S/C11H15N5/c1-8-3-4-10(9(2)7-8)16-14-11(5-6-12)13-15-16/h3-4,7H,5-6,12H2,1-2H3. The second-order valence-electron chi connectivity index (χ2n) is 3.82. The zero-order valence-electron chi connectivity index (χ0n) is 9.51. The largest absolute Gasteiger partial charge is 0.330 e. The summed E-state index contributed by atoms with van der Waals surface area (Å²) < 4.78 is 0. The number of nitrogens with zero attached hydrogens (tertiary/aromatic N) is 4. The first-order valence-corrected chi connectivity index (χ1v) is 5.27. The molecule has 0 fully saturated rings. The molecule has 0 bridgehead atoms. The molecule has 0 aliphatic heterocycles. The molecule has 1 heterocycles. The van der Waals surface area contributed by atoms with Crippen molar-refractivity contribution in [2.24, 2.45) is 5.73 Å². The third-order valence-electron chi connectivity index (χ3n) is 2.39. The average molecular weight is 217 g/mol. The van der Waals surface area contributed by atoms with E-state index in [1.807, 2.05) is 19.1 Å². The highest BCUT2D eigenvalue weighted by molar-refractivity contribution is 5.40. The van der Waals surface area contributed by atoms with Gasteiger partial charge in [-0.25, -0.2) is 0 Å². The van der Waals surface area contributed by atoms with Crippen molar-refractivity contribution >= 4 is 0 Å². The van der Waals surface area contributed by atoms with Gasteiger partial charge in [0.15, 0.2) is 5.82 Å². The summed E-state index contributed by atoms with van der Waals surface area (Å²) in [5.74, 6) is 0.683. The molecular formula is C11H15N5. The number of rotatable bonds is 3. The summed E-state index contributed by atoms with van der Waals surface area (Å²) in [5.41, 5.74) is 8.76. The Kier molecular flexibility index (Phi) is 2.96. The Balaban J connectivity index is 2.35. The number of nitrogens with two attached hydrogens (primary N) is 1. The van der Waals surface area contributed by atoms with E-state index in [-0.39, 0.29) is 0 Å². The van der Waals surface area contributed by atoms with Crippen LogP contribution < -0.4 is 5.73 Å². The number of aryl methyl sites for hydroxylation is 2. The number of hydrogen-bond donors (Lipinski definition) is 1. The Bertz CT molecular complexity index is 489. The highest BCUT2D eigenvalue weighted by Gasteiger charge is 2.06. The second kappa shape index (κ2) is 4.40. The molecule has 16 heavy (non-hydrogen) atoms. The maximum absolute atomic E-state index is 5.44. The summed E-state index contributed by atoms with van der Waals surface area (Å²) in [4.78, 5) is 1.56. The van der Waals surface area contributed by atoms with Crippen molar-refractivity contribution in [2.45, 2.75) is 20.3 Å². The highest BCUT2D eigenvalue weighted by Crippen LogP contribution is 2.13. The number of benzene rings is 1. The van der Waals surface area contributed by atoms with Gasteiger partial charge in [0.05, 0.1) is 5.69 Å². The van der Waals surface area contributed by atoms with Crippen LogP contribution in [0.2, 0.25) is 0 Å². The monoisotopic (exact) mass is 217 g/mol. The maximum atomic E-state index is 5.44. The van der Waals surface area contributed by atoms with Crippen molar-refractivity contribution in [3.05, 3.63) is 35.2 Å². The van der Waals surface area contributed by atoms with Crippen molar-refractivity contribution in [3.8, 4) is 5.69 Å². The minimum Gasteiger partial charge on any atom is -0.330 e. The van der Waals surface area contributed by atoms with Crippen molar-refractivity contribution in [1.29, 1.82) is 0 Å². The summed E-state index contributed by atoms with van der Waals surface area (Å²) in [6.45, 7) is 4.64. The molecule has 84 valence electrons. The van der Waals surface area contributed by atoms with E-state index in [0.717, 1.165) is 11.3 Å². The van der Waals surface area contributed by atoms with Crippen LogP contribution in [0.4, 0.5) is 0 Å². The smallest absolute Gasteiger partial charge is 0.176 e. The Morgan fingerprint density at radius 2 is 2.12 bits per heavy atom. The molecule has 1 aromatic heterocycles. The lowest BCUT2D eigenvalue weighted by atomic mass is 10.1. The van der Waals surface area contributed by atoms with E-state index in [9.17, 15) is 0 Å². The normalized spacial score (nSPS) is 10.7. The molecular weight excluding hydrogens is 202 g/mol. The lowest BCUT2D eigenvalue weighted by molar-refractivity contribution is 0.713. The fourth-order valence-electron chi connectivity index (χ4n) is 1.60. The summed E-state index contributed by atoms with van der Waals surface area (Å²) in [7, 11) is 0. The van der Waals surface area contributed by atoms with Gasteiger partial charge < -0.3 is 5.73 Å². The molecule has 0 saturated heterocycles. The summed E-state index contributed by atoms with van der Waals surface area (Å²) in [6, 6.07) is 6.13. The number of tetrazole rings is 1. The van der Waals surface area contributed by atoms with E-state index in [1.54, 1.807) is 4.80 Å². The molecule has 0 saturated carbocycles. The topological polar surface area (TPSA) is 69.6 Å². The lowest BCUT2D eigenvalue weighted by Crippen LogP contribution is -2.05. The molecule has 0 aliphatic carbocycles. The van der Waals surface area contributed by atoms with Gasteiger partial charge in [0, 0.05) is 6.42 Å². The maximum Gasteiger partial charge on any atom is 0.176 e. The van der Waals surface area contributed by atoms with E-state index in [4.69, 9.17) is 5.73 Å². The minimum absolute atomic E-state index is 0.540. The number of aromatic nitrogens is 4. The Hall–Kier alpha value is -1.75. The van der Waals surface area contributed by atoms with E-state index >= 15 is 0 Å². The van der Waals surface area contributed by atoms with Gasteiger partial charge in [-0.1, -0.05) is 17.7 Å². The van der Waals surface area contributed by atoms with E-state index < -0.39 is 0 Å². The Labute approximate surface area is 94.3 Å². The molecule has 2 rings (SSSR count). The number of hydrogen-bond acceptors (Lipinski definition) is 4. The van der Waals surface area contributed by atoms with Gasteiger partial charge in [-0.3, -0.25) is 0 Å². The van der Waals surface area contributed by atoms with Crippen LogP contribution in [0, 0.1) is 13.8 Å². The quantitative estimate of drug-likeness (QED) is 0.824. The molecule has 0 atom stereocenters. The molecule has 0 radical (unpaired) electrons. The van der Waals surface area contributed by atoms with E-state index in [2.05, 4.69) is 28.4 Å². The van der Waals surface area contributed by atoms with E-state index in [0.29, 0.717) is 18.8 Å². The van der Waals surface area contributed by atoms with Crippen molar-refractivity contribution < 1.29 is 0 Å². The van der Waals surface area contributed by atoms with Crippen LogP contribution in [0.25, 0.3) is 5.69 Å². The van der Waals surface area contributed by atoms with Gasteiger partial charge in [-0.2, -0.15) is 0 Å². The SMILES string of the molecule is Cc1ccc(-n2nnc(CCN)n2)c(C)c1. The van der Waals surface area contributed by atoms with E-state index in [1.165, 1.54) is 5.56 Å². The van der Waals surface area contributed by atoms with Gasteiger partial charge in [-0.15, -0.1) is 15.0 Å². The third kappa shape index (κ3) is 2.09. The van der Waals surface area contributed by atoms with Gasteiger partial charge in [0.1, 0.15) is 0 Å². The van der Waals surface area contributed by atoms with Crippen molar-refractivity contribution in [1.82, 2.24) is 20.2 Å². The second-order valence-corrected chi connectivity index (χ2v) is 3.82. The van der Waals surface area contributed by atoms with Crippen molar-refractivity contribution in [2.75, 3.05) is 6.54 Å². The molecule has 2 N–H and O–H groups in total. The Morgan fingerprint density at radius 1 is 1.31 bits per heavy atom. The predicted octanol–water partition coefficient (Wildman–Crippen LogP) is 0.780. The first-order chi connectivity index (χ1) is 7.70. The summed E-state index contributed by atoms with van der Waals surface area (Å²) in [5, 5.41) is 12.2. The first kappa shape index (κ1) is 10.8. The molecule has 0 spiro atoms. The van der Waals surface area contributed by atoms with Gasteiger partial charge in [-0.05, 0) is 37.2 Å². The zero-order chi connectivity index (χ0) is 11.5. The van der Waals surface area contributed by atoms with Gasteiger partial charge >= 0.3 is 0 Å². The minimum atomic E-state index is 0.540. The predicted molar refractivity (Wildman–Crippen MR) is 61.4 cm³/mol. The molecule has 2 aromatic rings. The van der Waals surface area contributed by atoms with Crippen LogP contribution in [-0.4, -0.2) is 26.8 Å².